The largest absolute Gasteiger partial charge is 0.484 e. The Hall–Kier alpha value is -2.74. The van der Waals surface area contributed by atoms with Crippen molar-refractivity contribution in [1.82, 2.24) is 10.6 Å². The summed E-state index contributed by atoms with van der Waals surface area (Å²) in [6, 6.07) is 14.7. The second-order valence-electron chi connectivity index (χ2n) is 6.88. The number of para-hydroxylation sites is 1. The number of rotatable bonds is 8. The van der Waals surface area contributed by atoms with Crippen molar-refractivity contribution in [2.45, 2.75) is 31.2 Å². The Morgan fingerprint density at radius 1 is 1.14 bits per heavy atom. The normalized spacial score (nSPS) is 21.3. The van der Waals surface area contributed by atoms with Crippen LogP contribution in [0, 0.1) is 5.82 Å². The molecule has 0 radical (unpaired) electrons. The molecule has 7 heteroatoms. The maximum absolute atomic E-state index is 13.1. The molecule has 1 amide bonds. The minimum absolute atomic E-state index is 0.149. The number of aliphatic hydroxyl groups is 2. The molecule has 0 spiro atoms. The van der Waals surface area contributed by atoms with Crippen molar-refractivity contribution in [3.8, 4) is 5.75 Å². The third kappa shape index (κ3) is 5.87. The fourth-order valence-corrected chi connectivity index (χ4v) is 3.21. The van der Waals surface area contributed by atoms with Gasteiger partial charge in [-0.1, -0.05) is 30.3 Å². The zero-order valence-corrected chi connectivity index (χ0v) is 15.9. The smallest absolute Gasteiger partial charge is 0.247 e. The van der Waals surface area contributed by atoms with Gasteiger partial charge in [-0.15, -0.1) is 0 Å². The van der Waals surface area contributed by atoms with Crippen molar-refractivity contribution in [3.05, 3.63) is 77.6 Å². The second-order valence-corrected chi connectivity index (χ2v) is 6.88. The van der Waals surface area contributed by atoms with Gasteiger partial charge in [0.25, 0.3) is 0 Å². The number of carbonyl (C=O) groups excluding carboxylic acids is 1. The average molecular weight is 400 g/mol. The van der Waals surface area contributed by atoms with E-state index >= 15 is 0 Å². The van der Waals surface area contributed by atoms with Crippen LogP contribution in [0.25, 0.3) is 0 Å². The molecule has 0 saturated carbocycles. The molecule has 3 atom stereocenters. The molecule has 4 N–H and O–H groups in total. The summed E-state index contributed by atoms with van der Waals surface area (Å²) in [4.78, 5) is 12.4. The van der Waals surface area contributed by atoms with E-state index in [-0.39, 0.29) is 24.9 Å². The zero-order chi connectivity index (χ0) is 20.6. The van der Waals surface area contributed by atoms with Gasteiger partial charge in [0.2, 0.25) is 5.91 Å². The summed E-state index contributed by atoms with van der Waals surface area (Å²) in [6.07, 6.45) is 0.325. The highest BCUT2D eigenvalue weighted by Gasteiger charge is 2.35. The third-order valence-electron chi connectivity index (χ3n) is 4.74. The monoisotopic (exact) mass is 400 g/mol. The SMILES string of the molecule is O=C(NCCO)C1=C[C@H](Oc2ccccc2)[C@@H](O)[C@H](NCc2ccc(F)cc2)C1. The van der Waals surface area contributed by atoms with E-state index < -0.39 is 18.2 Å². The van der Waals surface area contributed by atoms with Gasteiger partial charge in [0, 0.05) is 24.7 Å². The van der Waals surface area contributed by atoms with E-state index in [1.807, 2.05) is 18.2 Å². The minimum atomic E-state index is -0.884. The number of halogens is 1. The van der Waals surface area contributed by atoms with Crippen molar-refractivity contribution in [2.75, 3.05) is 13.2 Å². The summed E-state index contributed by atoms with van der Waals surface area (Å²) in [7, 11) is 0. The molecule has 0 heterocycles. The van der Waals surface area contributed by atoms with Gasteiger partial charge in [0.1, 0.15) is 23.8 Å². The lowest BCUT2D eigenvalue weighted by Crippen LogP contribution is -2.51. The van der Waals surface area contributed by atoms with Gasteiger partial charge in [-0.25, -0.2) is 4.39 Å². The highest BCUT2D eigenvalue weighted by Crippen LogP contribution is 2.24. The van der Waals surface area contributed by atoms with E-state index in [0.29, 0.717) is 24.3 Å². The van der Waals surface area contributed by atoms with Crippen LogP contribution in [0.2, 0.25) is 0 Å². The van der Waals surface area contributed by atoms with E-state index in [2.05, 4.69) is 10.6 Å². The van der Waals surface area contributed by atoms with E-state index in [0.717, 1.165) is 5.56 Å². The first-order valence-corrected chi connectivity index (χ1v) is 9.54. The van der Waals surface area contributed by atoms with Crippen molar-refractivity contribution < 1.29 is 24.1 Å². The Bertz CT molecular complexity index is 826. The lowest BCUT2D eigenvalue weighted by Gasteiger charge is -2.34. The Kier molecular flexibility index (Phi) is 7.35. The maximum Gasteiger partial charge on any atom is 0.247 e. The van der Waals surface area contributed by atoms with Crippen LogP contribution >= 0.6 is 0 Å². The number of ether oxygens (including phenoxy) is 1. The van der Waals surface area contributed by atoms with Crippen LogP contribution in [0.5, 0.6) is 5.75 Å². The molecule has 2 aromatic carbocycles. The van der Waals surface area contributed by atoms with Crippen molar-refractivity contribution in [3.63, 3.8) is 0 Å². The van der Waals surface area contributed by atoms with Crippen molar-refractivity contribution in [2.24, 2.45) is 0 Å². The Labute approximate surface area is 169 Å². The van der Waals surface area contributed by atoms with E-state index in [4.69, 9.17) is 9.84 Å². The molecule has 29 heavy (non-hydrogen) atoms. The molecule has 0 aliphatic heterocycles. The molecule has 0 unspecified atom stereocenters. The van der Waals surface area contributed by atoms with Gasteiger partial charge in [-0.05, 0) is 42.3 Å². The van der Waals surface area contributed by atoms with E-state index in [9.17, 15) is 14.3 Å². The number of nitrogens with one attached hydrogen (secondary N) is 2. The summed E-state index contributed by atoms with van der Waals surface area (Å²) < 4.78 is 19.0. The summed E-state index contributed by atoms with van der Waals surface area (Å²) in [6.45, 7) is 0.403. The number of amides is 1. The fraction of sp³-hybridized carbons (Fsp3) is 0.318. The van der Waals surface area contributed by atoms with Crippen LogP contribution in [0.1, 0.15) is 12.0 Å². The number of hydrogen-bond donors (Lipinski definition) is 4. The van der Waals surface area contributed by atoms with Gasteiger partial charge < -0.3 is 25.6 Å². The van der Waals surface area contributed by atoms with Crippen molar-refractivity contribution >= 4 is 5.91 Å². The molecule has 0 fully saturated rings. The molecule has 154 valence electrons. The third-order valence-corrected chi connectivity index (χ3v) is 4.74. The molecule has 0 saturated heterocycles. The number of carbonyl (C=O) groups is 1. The van der Waals surface area contributed by atoms with Gasteiger partial charge in [-0.2, -0.15) is 0 Å². The maximum atomic E-state index is 13.1. The molecule has 0 aromatic heterocycles. The van der Waals surface area contributed by atoms with Gasteiger partial charge in [-0.3, -0.25) is 4.79 Å². The van der Waals surface area contributed by atoms with Crippen LogP contribution in [-0.4, -0.2) is 47.5 Å². The average Bonchev–Trinajstić information content (AvgIpc) is 2.74. The molecule has 1 aliphatic rings. The number of benzene rings is 2. The predicted octanol–water partition coefficient (Wildman–Crippen LogP) is 1.53. The minimum Gasteiger partial charge on any atom is -0.484 e. The fourth-order valence-electron chi connectivity index (χ4n) is 3.21. The zero-order valence-electron chi connectivity index (χ0n) is 15.9. The van der Waals surface area contributed by atoms with Crippen LogP contribution in [0.4, 0.5) is 4.39 Å². The molecule has 6 nitrogen and oxygen atoms in total. The lowest BCUT2D eigenvalue weighted by atomic mass is 9.89. The first-order chi connectivity index (χ1) is 14.1. The Morgan fingerprint density at radius 3 is 2.55 bits per heavy atom. The molecule has 0 bridgehead atoms. The summed E-state index contributed by atoms with van der Waals surface area (Å²) in [5.41, 5.74) is 1.33. The molecule has 1 aliphatic carbocycles. The summed E-state index contributed by atoms with van der Waals surface area (Å²) >= 11 is 0. The quantitative estimate of drug-likeness (QED) is 0.540. The molecule has 3 rings (SSSR count). The topological polar surface area (TPSA) is 90.8 Å². The van der Waals surface area contributed by atoms with Crippen LogP contribution in [0.15, 0.2) is 66.2 Å². The Balaban J connectivity index is 1.74. The van der Waals surface area contributed by atoms with E-state index in [1.165, 1.54) is 12.1 Å². The van der Waals surface area contributed by atoms with Crippen LogP contribution in [-0.2, 0) is 11.3 Å². The molecular weight excluding hydrogens is 375 g/mol. The highest BCUT2D eigenvalue weighted by atomic mass is 19.1. The number of hydrogen-bond acceptors (Lipinski definition) is 5. The molecule has 2 aromatic rings. The molecular formula is C22H25FN2O4. The Morgan fingerprint density at radius 2 is 1.86 bits per heavy atom. The van der Waals surface area contributed by atoms with Gasteiger partial charge in [0.15, 0.2) is 0 Å². The second kappa shape index (κ2) is 10.2. The standard InChI is InChI=1S/C22H25FN2O4/c23-17-8-6-15(7-9-17)14-25-19-12-16(22(28)24-10-11-26)13-20(21(19)27)29-18-4-2-1-3-5-18/h1-9,13,19-21,25-27H,10-12,14H2,(H,24,28)/t19-,20+,21+/m1/s1. The van der Waals surface area contributed by atoms with Crippen LogP contribution in [0.3, 0.4) is 0 Å². The number of aliphatic hydroxyl groups excluding tert-OH is 2. The summed E-state index contributed by atoms with van der Waals surface area (Å²) in [5.74, 6) is -0.0307. The first-order valence-electron chi connectivity index (χ1n) is 9.54. The van der Waals surface area contributed by atoms with E-state index in [1.54, 1.807) is 30.3 Å². The lowest BCUT2D eigenvalue weighted by molar-refractivity contribution is -0.118. The summed E-state index contributed by atoms with van der Waals surface area (Å²) in [5, 5.41) is 25.6. The van der Waals surface area contributed by atoms with Gasteiger partial charge >= 0.3 is 0 Å². The highest BCUT2D eigenvalue weighted by molar-refractivity contribution is 5.93. The predicted molar refractivity (Wildman–Crippen MR) is 107 cm³/mol. The first kappa shape index (κ1) is 21.0. The van der Waals surface area contributed by atoms with Crippen LogP contribution < -0.4 is 15.4 Å². The van der Waals surface area contributed by atoms with Gasteiger partial charge in [0.05, 0.1) is 6.61 Å². The van der Waals surface area contributed by atoms with Crippen molar-refractivity contribution in [1.29, 1.82) is 0 Å².